The van der Waals surface area contributed by atoms with Crippen LogP contribution in [0.5, 0.6) is 0 Å². The molecule has 100 valence electrons. The van der Waals surface area contributed by atoms with Crippen molar-refractivity contribution in [1.82, 2.24) is 0 Å². The number of nitrogens with zero attached hydrogens (tertiary/aromatic N) is 1. The van der Waals surface area contributed by atoms with Crippen molar-refractivity contribution in [3.05, 3.63) is 28.3 Å². The molecule has 1 aromatic carbocycles. The zero-order valence-electron chi connectivity index (χ0n) is 9.95. The second kappa shape index (κ2) is 5.32. The van der Waals surface area contributed by atoms with Gasteiger partial charge in [0.25, 0.3) is 0 Å². The number of nitro benzene ring substituents is 1. The van der Waals surface area contributed by atoms with E-state index >= 15 is 0 Å². The Bertz CT molecular complexity index is 555. The molecule has 0 fully saturated rings. The second-order valence-electron chi connectivity index (χ2n) is 3.91. The number of anilines is 1. The van der Waals surface area contributed by atoms with Crippen molar-refractivity contribution < 1.29 is 18.4 Å². The van der Waals surface area contributed by atoms with Gasteiger partial charge in [-0.3, -0.25) is 10.1 Å². The number of sulfone groups is 1. The van der Waals surface area contributed by atoms with Gasteiger partial charge in [0.05, 0.1) is 11.5 Å². The van der Waals surface area contributed by atoms with Crippen LogP contribution in [-0.2, 0) is 9.84 Å². The van der Waals surface area contributed by atoms with Crippen LogP contribution in [0.25, 0.3) is 0 Å². The second-order valence-corrected chi connectivity index (χ2v) is 5.89. The fourth-order valence-corrected chi connectivity index (χ4v) is 2.30. The predicted octanol–water partition coefficient (Wildman–Crippen LogP) is 0.791. The van der Waals surface area contributed by atoms with Gasteiger partial charge in [0.1, 0.15) is 10.6 Å². The SMILES string of the molecule is CC(CO)Nc1cccc(S(C)(=O)=O)c1[N+](=O)[O-]. The number of nitrogens with one attached hydrogen (secondary N) is 1. The van der Waals surface area contributed by atoms with Gasteiger partial charge in [0.15, 0.2) is 9.84 Å². The van der Waals surface area contributed by atoms with Gasteiger partial charge in [-0.05, 0) is 19.1 Å². The Morgan fingerprint density at radius 3 is 2.56 bits per heavy atom. The van der Waals surface area contributed by atoms with E-state index in [9.17, 15) is 18.5 Å². The zero-order valence-corrected chi connectivity index (χ0v) is 10.8. The summed E-state index contributed by atoms with van der Waals surface area (Å²) in [5.41, 5.74) is -0.426. The third kappa shape index (κ3) is 3.17. The lowest BCUT2D eigenvalue weighted by Gasteiger charge is -2.13. The first-order chi connectivity index (χ1) is 8.27. The van der Waals surface area contributed by atoms with E-state index in [1.54, 1.807) is 6.92 Å². The molecule has 0 radical (unpaired) electrons. The van der Waals surface area contributed by atoms with Crippen LogP contribution in [0.15, 0.2) is 23.1 Å². The summed E-state index contributed by atoms with van der Waals surface area (Å²) >= 11 is 0. The van der Waals surface area contributed by atoms with Gasteiger partial charge in [-0.1, -0.05) is 6.07 Å². The van der Waals surface area contributed by atoms with E-state index in [0.29, 0.717) is 0 Å². The Kier molecular flexibility index (Phi) is 4.25. The first-order valence-corrected chi connectivity index (χ1v) is 7.01. The number of rotatable bonds is 5. The number of aliphatic hydroxyl groups excluding tert-OH is 1. The normalized spacial score (nSPS) is 13.1. The van der Waals surface area contributed by atoms with Crippen LogP contribution >= 0.6 is 0 Å². The summed E-state index contributed by atoms with van der Waals surface area (Å²) in [6.45, 7) is 1.40. The summed E-state index contributed by atoms with van der Waals surface area (Å²) in [7, 11) is -3.69. The Balaban J connectivity index is 3.40. The largest absolute Gasteiger partial charge is 0.394 e. The van der Waals surface area contributed by atoms with E-state index in [1.807, 2.05) is 0 Å². The number of aliphatic hydroxyl groups is 1. The molecule has 0 heterocycles. The average molecular weight is 274 g/mol. The highest BCUT2D eigenvalue weighted by molar-refractivity contribution is 7.90. The maximum absolute atomic E-state index is 11.5. The highest BCUT2D eigenvalue weighted by Gasteiger charge is 2.26. The molecule has 1 rings (SSSR count). The van der Waals surface area contributed by atoms with Gasteiger partial charge in [-0.2, -0.15) is 0 Å². The maximum atomic E-state index is 11.5. The van der Waals surface area contributed by atoms with E-state index in [-0.39, 0.29) is 17.2 Å². The summed E-state index contributed by atoms with van der Waals surface area (Å²) in [5.74, 6) is 0. The van der Waals surface area contributed by atoms with Crippen LogP contribution in [0, 0.1) is 10.1 Å². The molecule has 0 aliphatic rings. The Morgan fingerprint density at radius 1 is 1.50 bits per heavy atom. The van der Waals surface area contributed by atoms with Crippen molar-refractivity contribution in [2.75, 3.05) is 18.2 Å². The third-order valence-corrected chi connectivity index (χ3v) is 3.39. The standard InChI is InChI=1S/C10H14N2O5S/c1-7(6-13)11-8-4-3-5-9(18(2,16)17)10(8)12(14)15/h3-5,7,11,13H,6H2,1-2H3. The third-order valence-electron chi connectivity index (χ3n) is 2.26. The summed E-state index contributed by atoms with van der Waals surface area (Å²) in [6, 6.07) is 3.58. The van der Waals surface area contributed by atoms with Gasteiger partial charge in [0, 0.05) is 12.3 Å². The number of benzene rings is 1. The molecule has 7 nitrogen and oxygen atoms in total. The highest BCUT2D eigenvalue weighted by Crippen LogP contribution is 2.32. The Labute approximate surface area is 105 Å². The van der Waals surface area contributed by atoms with Gasteiger partial charge < -0.3 is 10.4 Å². The number of hydrogen-bond donors (Lipinski definition) is 2. The smallest absolute Gasteiger partial charge is 0.310 e. The fourth-order valence-electron chi connectivity index (χ4n) is 1.44. The summed E-state index contributed by atoms with van der Waals surface area (Å²) < 4.78 is 23.0. The molecule has 18 heavy (non-hydrogen) atoms. The molecule has 1 unspecified atom stereocenters. The molecule has 0 bridgehead atoms. The topological polar surface area (TPSA) is 110 Å². The van der Waals surface area contributed by atoms with Crippen LogP contribution in [0.3, 0.4) is 0 Å². The number of nitro groups is 1. The van der Waals surface area contributed by atoms with Crippen LogP contribution in [0.2, 0.25) is 0 Å². The minimum Gasteiger partial charge on any atom is -0.394 e. The van der Waals surface area contributed by atoms with Gasteiger partial charge >= 0.3 is 5.69 Å². The van der Waals surface area contributed by atoms with E-state index in [0.717, 1.165) is 6.26 Å². The molecule has 8 heteroatoms. The molecule has 0 aliphatic heterocycles. The van der Waals surface area contributed by atoms with E-state index in [4.69, 9.17) is 5.11 Å². The van der Waals surface area contributed by atoms with Crippen LogP contribution in [0.4, 0.5) is 11.4 Å². The lowest BCUT2D eigenvalue weighted by Crippen LogP contribution is -2.20. The minimum atomic E-state index is -3.69. The molecule has 0 saturated heterocycles. The van der Waals surface area contributed by atoms with Crippen LogP contribution in [0.1, 0.15) is 6.92 Å². The number of hydrogen-bond acceptors (Lipinski definition) is 6. The van der Waals surface area contributed by atoms with E-state index in [2.05, 4.69) is 5.32 Å². The monoisotopic (exact) mass is 274 g/mol. The molecular weight excluding hydrogens is 260 g/mol. The zero-order chi connectivity index (χ0) is 13.9. The minimum absolute atomic E-state index is 0.0736. The summed E-state index contributed by atoms with van der Waals surface area (Å²) in [6.07, 6.45) is 0.911. The quantitative estimate of drug-likeness (QED) is 0.607. The van der Waals surface area contributed by atoms with E-state index < -0.39 is 26.5 Å². The average Bonchev–Trinajstić information content (AvgIpc) is 2.27. The molecule has 1 aromatic rings. The molecule has 2 N–H and O–H groups in total. The van der Waals surface area contributed by atoms with Gasteiger partial charge in [-0.25, -0.2) is 8.42 Å². The molecule has 1 atom stereocenters. The van der Waals surface area contributed by atoms with Crippen molar-refractivity contribution in [2.45, 2.75) is 17.9 Å². The van der Waals surface area contributed by atoms with Crippen molar-refractivity contribution >= 4 is 21.2 Å². The Hall–Kier alpha value is -1.67. The van der Waals surface area contributed by atoms with Crippen molar-refractivity contribution in [3.8, 4) is 0 Å². The molecule has 0 aliphatic carbocycles. The summed E-state index contributed by atoms with van der Waals surface area (Å²) in [5, 5.41) is 22.6. The molecule has 0 spiro atoms. The van der Waals surface area contributed by atoms with E-state index in [1.165, 1.54) is 18.2 Å². The van der Waals surface area contributed by atoms with Gasteiger partial charge in [-0.15, -0.1) is 0 Å². The predicted molar refractivity (Wildman–Crippen MR) is 66.4 cm³/mol. The lowest BCUT2D eigenvalue weighted by molar-refractivity contribution is -0.386. The fraction of sp³-hybridized carbons (Fsp3) is 0.400. The molecule has 0 amide bonds. The number of para-hydroxylation sites is 1. The summed E-state index contributed by atoms with van der Waals surface area (Å²) in [4.78, 5) is 9.91. The van der Waals surface area contributed by atoms with Crippen LogP contribution < -0.4 is 5.32 Å². The highest BCUT2D eigenvalue weighted by atomic mass is 32.2. The van der Waals surface area contributed by atoms with Gasteiger partial charge in [0.2, 0.25) is 0 Å². The van der Waals surface area contributed by atoms with Crippen molar-refractivity contribution in [2.24, 2.45) is 0 Å². The Morgan fingerprint density at radius 2 is 2.11 bits per heavy atom. The maximum Gasteiger partial charge on any atom is 0.310 e. The van der Waals surface area contributed by atoms with Crippen molar-refractivity contribution in [1.29, 1.82) is 0 Å². The first-order valence-electron chi connectivity index (χ1n) is 5.12. The molecule has 0 saturated carbocycles. The van der Waals surface area contributed by atoms with Crippen molar-refractivity contribution in [3.63, 3.8) is 0 Å². The lowest BCUT2D eigenvalue weighted by atomic mass is 10.2. The first kappa shape index (κ1) is 14.4. The van der Waals surface area contributed by atoms with Crippen LogP contribution in [-0.4, -0.2) is 37.4 Å². The molecule has 0 aromatic heterocycles. The molecular formula is C10H14N2O5S.